The van der Waals surface area contributed by atoms with Crippen LogP contribution < -0.4 is 9.47 Å². The molecule has 0 saturated carbocycles. The van der Waals surface area contributed by atoms with Gasteiger partial charge in [-0.25, -0.2) is 9.97 Å². The molecule has 0 radical (unpaired) electrons. The quantitative estimate of drug-likeness (QED) is 0.480. The van der Waals surface area contributed by atoms with E-state index in [4.69, 9.17) is 9.47 Å². The summed E-state index contributed by atoms with van der Waals surface area (Å²) in [5, 5.41) is 0.254. The van der Waals surface area contributed by atoms with E-state index >= 15 is 0 Å². The summed E-state index contributed by atoms with van der Waals surface area (Å²) in [6, 6.07) is 11.4. The summed E-state index contributed by atoms with van der Waals surface area (Å²) in [7, 11) is 0. The van der Waals surface area contributed by atoms with Crippen molar-refractivity contribution in [2.75, 3.05) is 6.79 Å². The van der Waals surface area contributed by atoms with Gasteiger partial charge in [-0.3, -0.25) is 0 Å². The number of benzene rings is 2. The maximum Gasteiger partial charge on any atom is 0.417 e. The number of nitrogens with zero attached hydrogens (tertiary/aromatic N) is 2. The number of H-pyrrole nitrogens is 1. The van der Waals surface area contributed by atoms with Gasteiger partial charge in [-0.05, 0) is 24.3 Å². The molecule has 4 aromatic rings. The number of halogens is 3. The Hall–Kier alpha value is -2.94. The molecular formula is C19H12F3N3O2S. The smallest absolute Gasteiger partial charge is 0.417 e. The first-order valence-electron chi connectivity index (χ1n) is 8.35. The second-order valence-electron chi connectivity index (χ2n) is 6.22. The Morgan fingerprint density at radius 2 is 1.79 bits per heavy atom. The molecule has 2 aromatic heterocycles. The molecule has 5 rings (SSSR count). The lowest BCUT2D eigenvalue weighted by Crippen LogP contribution is -2.07. The Labute approximate surface area is 160 Å². The number of aromatic nitrogens is 3. The number of aromatic amines is 1. The molecule has 1 aliphatic rings. The number of nitrogens with one attached hydrogen (secondary N) is 1. The second-order valence-corrected chi connectivity index (χ2v) is 7.21. The summed E-state index contributed by atoms with van der Waals surface area (Å²) >= 11 is 1.19. The average Bonchev–Trinajstić information content (AvgIpc) is 3.28. The second kappa shape index (κ2) is 6.30. The number of rotatable bonds is 3. The third-order valence-corrected chi connectivity index (χ3v) is 5.30. The molecule has 0 atom stereocenters. The Morgan fingerprint density at radius 1 is 1.00 bits per heavy atom. The fraction of sp³-hybridized carbons (Fsp3) is 0.158. The molecule has 1 N–H and O–H groups in total. The molecule has 28 heavy (non-hydrogen) atoms. The van der Waals surface area contributed by atoms with Gasteiger partial charge in [0.25, 0.3) is 0 Å². The van der Waals surface area contributed by atoms with E-state index in [9.17, 15) is 13.2 Å². The van der Waals surface area contributed by atoms with E-state index in [1.807, 2.05) is 24.3 Å². The minimum absolute atomic E-state index is 0.00941. The van der Waals surface area contributed by atoms with Crippen LogP contribution in [0.2, 0.25) is 0 Å². The number of ether oxygens (including phenoxy) is 2. The monoisotopic (exact) mass is 403 g/mol. The SMILES string of the molecule is FC(F)(F)c1cc(SCc2nc3ccccc3[nH]2)nc2cc3c(cc12)OCO3. The highest BCUT2D eigenvalue weighted by Gasteiger charge is 2.34. The lowest BCUT2D eigenvalue weighted by atomic mass is 10.1. The van der Waals surface area contributed by atoms with Crippen molar-refractivity contribution < 1.29 is 22.6 Å². The Morgan fingerprint density at radius 3 is 2.57 bits per heavy atom. The van der Waals surface area contributed by atoms with Crippen molar-refractivity contribution in [2.45, 2.75) is 17.0 Å². The van der Waals surface area contributed by atoms with Crippen LogP contribution in [0.25, 0.3) is 21.9 Å². The summed E-state index contributed by atoms with van der Waals surface area (Å²) in [5.74, 6) is 1.73. The lowest BCUT2D eigenvalue weighted by molar-refractivity contribution is -0.136. The molecule has 0 bridgehead atoms. The number of pyridine rings is 1. The third-order valence-electron chi connectivity index (χ3n) is 4.38. The molecule has 0 aliphatic carbocycles. The third kappa shape index (κ3) is 3.01. The molecule has 0 amide bonds. The maximum absolute atomic E-state index is 13.6. The van der Waals surface area contributed by atoms with Crippen LogP contribution in [0.1, 0.15) is 11.4 Å². The van der Waals surface area contributed by atoms with E-state index < -0.39 is 11.7 Å². The van der Waals surface area contributed by atoms with Crippen molar-refractivity contribution in [1.29, 1.82) is 0 Å². The van der Waals surface area contributed by atoms with Gasteiger partial charge in [0.15, 0.2) is 11.5 Å². The first-order valence-corrected chi connectivity index (χ1v) is 9.34. The highest BCUT2D eigenvalue weighted by molar-refractivity contribution is 7.98. The van der Waals surface area contributed by atoms with Crippen LogP contribution >= 0.6 is 11.8 Å². The Balaban J connectivity index is 1.52. The lowest BCUT2D eigenvalue weighted by Gasteiger charge is -2.12. The van der Waals surface area contributed by atoms with Gasteiger partial charge in [0.2, 0.25) is 6.79 Å². The first kappa shape index (κ1) is 17.2. The zero-order valence-corrected chi connectivity index (χ0v) is 15.0. The fourth-order valence-electron chi connectivity index (χ4n) is 3.12. The number of para-hydroxylation sites is 2. The fourth-order valence-corrected chi connectivity index (χ4v) is 3.90. The van der Waals surface area contributed by atoms with Crippen LogP contribution in [0.15, 0.2) is 47.5 Å². The van der Waals surface area contributed by atoms with Crippen LogP contribution in [-0.2, 0) is 11.9 Å². The number of hydrogen-bond acceptors (Lipinski definition) is 5. The van der Waals surface area contributed by atoms with Gasteiger partial charge < -0.3 is 14.5 Å². The van der Waals surface area contributed by atoms with E-state index in [2.05, 4.69) is 15.0 Å². The average molecular weight is 403 g/mol. The Bertz CT molecular complexity index is 1170. The van der Waals surface area contributed by atoms with Crippen molar-refractivity contribution in [2.24, 2.45) is 0 Å². The van der Waals surface area contributed by atoms with Crippen LogP contribution in [0.5, 0.6) is 11.5 Å². The zero-order chi connectivity index (χ0) is 19.3. The van der Waals surface area contributed by atoms with Crippen molar-refractivity contribution >= 4 is 33.7 Å². The van der Waals surface area contributed by atoms with E-state index in [0.29, 0.717) is 23.1 Å². The zero-order valence-electron chi connectivity index (χ0n) is 14.2. The number of imidazole rings is 1. The van der Waals surface area contributed by atoms with Crippen molar-refractivity contribution in [1.82, 2.24) is 15.0 Å². The van der Waals surface area contributed by atoms with Crippen molar-refractivity contribution in [3.05, 3.63) is 53.9 Å². The Kier molecular flexibility index (Phi) is 3.87. The van der Waals surface area contributed by atoms with Gasteiger partial charge in [-0.1, -0.05) is 23.9 Å². The molecule has 1 aliphatic heterocycles. The van der Waals surface area contributed by atoms with E-state index in [1.165, 1.54) is 23.9 Å². The molecule has 0 fully saturated rings. The topological polar surface area (TPSA) is 60.0 Å². The van der Waals surface area contributed by atoms with Gasteiger partial charge in [0, 0.05) is 11.5 Å². The minimum Gasteiger partial charge on any atom is -0.454 e. The van der Waals surface area contributed by atoms with Crippen LogP contribution in [0, 0.1) is 0 Å². The van der Waals surface area contributed by atoms with E-state index in [1.54, 1.807) is 0 Å². The molecule has 0 spiro atoms. The molecular weight excluding hydrogens is 391 g/mol. The van der Waals surface area contributed by atoms with Crippen molar-refractivity contribution in [3.63, 3.8) is 0 Å². The normalized spacial score (nSPS) is 13.5. The highest BCUT2D eigenvalue weighted by atomic mass is 32.2. The van der Waals surface area contributed by atoms with Crippen LogP contribution in [0.3, 0.4) is 0 Å². The van der Waals surface area contributed by atoms with Gasteiger partial charge in [-0.2, -0.15) is 13.2 Å². The standard InChI is InChI=1S/C19H12F3N3O2S/c20-19(21,22)11-6-18(25-14-7-16-15(5-10(11)14)26-9-27-16)28-8-17-23-12-3-1-2-4-13(12)24-17/h1-7H,8-9H2,(H,23,24). The summed E-state index contributed by atoms with van der Waals surface area (Å²) in [6.07, 6.45) is -4.51. The predicted molar refractivity (Wildman–Crippen MR) is 98.5 cm³/mol. The molecule has 0 unspecified atom stereocenters. The van der Waals surface area contributed by atoms with Crippen LogP contribution in [-0.4, -0.2) is 21.7 Å². The largest absolute Gasteiger partial charge is 0.454 e. The molecule has 2 aromatic carbocycles. The molecule has 142 valence electrons. The summed E-state index contributed by atoms with van der Waals surface area (Å²) in [4.78, 5) is 12.0. The van der Waals surface area contributed by atoms with Gasteiger partial charge in [-0.15, -0.1) is 0 Å². The number of hydrogen-bond donors (Lipinski definition) is 1. The number of fused-ring (bicyclic) bond motifs is 3. The first-order chi connectivity index (χ1) is 13.5. The number of thioether (sulfide) groups is 1. The summed E-state index contributed by atoms with van der Waals surface area (Å²) in [5.41, 5.74) is 1.16. The summed E-state index contributed by atoms with van der Waals surface area (Å²) < 4.78 is 51.3. The highest BCUT2D eigenvalue weighted by Crippen LogP contribution is 2.42. The predicted octanol–water partition coefficient (Wildman–Crippen LogP) is 5.15. The maximum atomic E-state index is 13.6. The van der Waals surface area contributed by atoms with Gasteiger partial charge in [0.1, 0.15) is 5.82 Å². The van der Waals surface area contributed by atoms with E-state index in [-0.39, 0.29) is 22.7 Å². The van der Waals surface area contributed by atoms with Crippen molar-refractivity contribution in [3.8, 4) is 11.5 Å². The molecule has 5 nitrogen and oxygen atoms in total. The minimum atomic E-state index is -4.51. The number of alkyl halides is 3. The molecule has 3 heterocycles. The van der Waals surface area contributed by atoms with Gasteiger partial charge >= 0.3 is 6.18 Å². The molecule has 0 saturated heterocycles. The van der Waals surface area contributed by atoms with Crippen LogP contribution in [0.4, 0.5) is 13.2 Å². The van der Waals surface area contributed by atoms with E-state index in [0.717, 1.165) is 17.1 Å². The molecule has 9 heteroatoms. The summed E-state index contributed by atoms with van der Waals surface area (Å²) in [6.45, 7) is -0.0132. The van der Waals surface area contributed by atoms with Gasteiger partial charge in [0.05, 0.1) is 32.9 Å².